The molecule has 0 saturated heterocycles. The number of aryl methyl sites for hydroxylation is 1. The first-order valence-electron chi connectivity index (χ1n) is 5.83. The monoisotopic (exact) mass is 325 g/mol. The van der Waals surface area contributed by atoms with Crippen molar-refractivity contribution in [1.29, 1.82) is 0 Å². The van der Waals surface area contributed by atoms with Crippen LogP contribution in [-0.4, -0.2) is 22.6 Å². The molecule has 2 aromatic rings. The van der Waals surface area contributed by atoms with Crippen LogP contribution in [0.2, 0.25) is 0 Å². The fraction of sp³-hybridized carbons (Fsp3) is 0.308. The van der Waals surface area contributed by atoms with Crippen LogP contribution in [0.25, 0.3) is 10.1 Å². The number of fused-ring (bicyclic) bond motifs is 3. The molecule has 1 aromatic heterocycles. The molecule has 3 rings (SSSR count). The van der Waals surface area contributed by atoms with Crippen molar-refractivity contribution in [1.82, 2.24) is 4.90 Å². The Labute approximate surface area is 117 Å². The molecule has 0 saturated carbocycles. The number of halogens is 1. The molecule has 1 amide bonds. The molecule has 0 bridgehead atoms. The van der Waals surface area contributed by atoms with Crippen LogP contribution >= 0.6 is 27.3 Å². The van der Waals surface area contributed by atoms with Gasteiger partial charge >= 0.3 is 6.09 Å². The lowest BCUT2D eigenvalue weighted by Gasteiger charge is -2.16. The minimum absolute atomic E-state index is 0.515. The average molecular weight is 326 g/mol. The number of hydrogen-bond donors (Lipinski definition) is 1. The van der Waals surface area contributed by atoms with Gasteiger partial charge in [0.1, 0.15) is 0 Å². The molecule has 2 heterocycles. The van der Waals surface area contributed by atoms with Crippen LogP contribution in [0, 0.1) is 0 Å². The number of carboxylic acid groups (broad SMARTS) is 1. The van der Waals surface area contributed by atoms with E-state index in [1.165, 1.54) is 25.4 Å². The second-order valence-electron chi connectivity index (χ2n) is 4.45. The zero-order valence-electron chi connectivity index (χ0n) is 9.65. The van der Waals surface area contributed by atoms with Gasteiger partial charge in [0.15, 0.2) is 0 Å². The van der Waals surface area contributed by atoms with Crippen molar-refractivity contribution >= 4 is 43.4 Å². The van der Waals surface area contributed by atoms with Crippen LogP contribution in [0.4, 0.5) is 4.79 Å². The maximum atomic E-state index is 11.2. The molecular formula is C13H12BrNO2S. The third-order valence-electron chi connectivity index (χ3n) is 3.29. The first-order valence-corrected chi connectivity index (χ1v) is 7.44. The smallest absolute Gasteiger partial charge is 0.407 e. The normalized spacial score (nSPS) is 15.5. The summed E-state index contributed by atoms with van der Waals surface area (Å²) in [4.78, 5) is 14.0. The molecule has 3 nitrogen and oxygen atoms in total. The van der Waals surface area contributed by atoms with Gasteiger partial charge in [0.05, 0.1) is 6.54 Å². The lowest BCUT2D eigenvalue weighted by Crippen LogP contribution is -2.28. The highest BCUT2D eigenvalue weighted by molar-refractivity contribution is 9.10. The van der Waals surface area contributed by atoms with E-state index in [4.69, 9.17) is 0 Å². The summed E-state index contributed by atoms with van der Waals surface area (Å²) >= 11 is 5.28. The highest BCUT2D eigenvalue weighted by atomic mass is 79.9. The van der Waals surface area contributed by atoms with Crippen LogP contribution in [0.5, 0.6) is 0 Å². The summed E-state index contributed by atoms with van der Waals surface area (Å²) in [6.07, 6.45) is 1.07. The van der Waals surface area contributed by atoms with Gasteiger partial charge in [0.2, 0.25) is 0 Å². The second-order valence-corrected chi connectivity index (χ2v) is 6.50. The van der Waals surface area contributed by atoms with Crippen LogP contribution in [0.3, 0.4) is 0 Å². The summed E-state index contributed by atoms with van der Waals surface area (Å²) in [6.45, 7) is 1.15. The van der Waals surface area contributed by atoms with Gasteiger partial charge in [-0.2, -0.15) is 0 Å². The molecule has 0 fully saturated rings. The Morgan fingerprint density at radius 2 is 2.28 bits per heavy atom. The van der Waals surface area contributed by atoms with E-state index in [0.29, 0.717) is 13.1 Å². The van der Waals surface area contributed by atoms with Gasteiger partial charge in [-0.25, -0.2) is 4.79 Å². The number of amides is 1. The predicted octanol–water partition coefficient (Wildman–Crippen LogP) is 4.09. The quantitative estimate of drug-likeness (QED) is 0.792. The Kier molecular flexibility index (Phi) is 3.03. The number of carbonyl (C=O) groups is 1. The Balaban J connectivity index is 2.13. The Hall–Kier alpha value is -1.07. The topological polar surface area (TPSA) is 40.5 Å². The summed E-state index contributed by atoms with van der Waals surface area (Å²) in [7, 11) is 0. The van der Waals surface area contributed by atoms with Gasteiger partial charge in [-0.15, -0.1) is 11.3 Å². The van der Waals surface area contributed by atoms with Gasteiger partial charge < -0.3 is 10.0 Å². The van der Waals surface area contributed by atoms with Crippen molar-refractivity contribution < 1.29 is 9.90 Å². The van der Waals surface area contributed by atoms with E-state index in [9.17, 15) is 9.90 Å². The highest BCUT2D eigenvalue weighted by Gasteiger charge is 2.21. The molecule has 0 atom stereocenters. The molecule has 1 aliphatic rings. The highest BCUT2D eigenvalue weighted by Crippen LogP contribution is 2.36. The van der Waals surface area contributed by atoms with Crippen LogP contribution in [0.15, 0.2) is 22.7 Å². The molecule has 0 unspecified atom stereocenters. The van der Waals surface area contributed by atoms with Crippen LogP contribution in [0.1, 0.15) is 16.9 Å². The number of rotatable bonds is 0. The fourth-order valence-electron chi connectivity index (χ4n) is 2.41. The number of thiophene rings is 1. The van der Waals surface area contributed by atoms with Gasteiger partial charge in [-0.3, -0.25) is 0 Å². The number of hydrogen-bond acceptors (Lipinski definition) is 2. The van der Waals surface area contributed by atoms with E-state index in [2.05, 4.69) is 28.1 Å². The summed E-state index contributed by atoms with van der Waals surface area (Å²) in [5.74, 6) is 0. The molecule has 5 heteroatoms. The average Bonchev–Trinajstić information content (AvgIpc) is 2.54. The summed E-state index contributed by atoms with van der Waals surface area (Å²) in [5.41, 5.74) is 1.19. The molecule has 18 heavy (non-hydrogen) atoms. The zero-order chi connectivity index (χ0) is 12.7. The molecule has 1 N–H and O–H groups in total. The zero-order valence-corrected chi connectivity index (χ0v) is 12.1. The number of benzene rings is 1. The first-order chi connectivity index (χ1) is 8.65. The van der Waals surface area contributed by atoms with E-state index < -0.39 is 6.09 Å². The van der Waals surface area contributed by atoms with E-state index in [1.807, 2.05) is 6.07 Å². The minimum Gasteiger partial charge on any atom is -0.465 e. The maximum absolute atomic E-state index is 11.2. The van der Waals surface area contributed by atoms with Crippen molar-refractivity contribution in [2.24, 2.45) is 0 Å². The molecule has 1 aromatic carbocycles. The standard InChI is InChI=1S/C13H12BrNO2S/c14-8-3-4-12-9(6-8)10-7-15(13(16)17)5-1-2-11(10)18-12/h3-4,6H,1-2,5,7H2,(H,16,17). The summed E-state index contributed by atoms with van der Waals surface area (Å²) in [5, 5.41) is 10.4. The second kappa shape index (κ2) is 4.55. The molecule has 94 valence electrons. The first kappa shape index (κ1) is 12.0. The van der Waals surface area contributed by atoms with Gasteiger partial charge in [0.25, 0.3) is 0 Å². The van der Waals surface area contributed by atoms with Crippen LogP contribution < -0.4 is 0 Å². The SMILES string of the molecule is O=C(O)N1CCCc2sc3ccc(Br)cc3c2C1. The lowest BCUT2D eigenvalue weighted by molar-refractivity contribution is 0.143. The fourth-order valence-corrected chi connectivity index (χ4v) is 4.01. The third-order valence-corrected chi connectivity index (χ3v) is 5.05. The summed E-state index contributed by atoms with van der Waals surface area (Å²) < 4.78 is 2.29. The van der Waals surface area contributed by atoms with Gasteiger partial charge in [0, 0.05) is 20.6 Å². The molecule has 0 spiro atoms. The minimum atomic E-state index is -0.822. The van der Waals surface area contributed by atoms with Crippen LogP contribution in [-0.2, 0) is 13.0 Å². The van der Waals surface area contributed by atoms with Crippen molar-refractivity contribution in [3.05, 3.63) is 33.1 Å². The Morgan fingerprint density at radius 1 is 1.44 bits per heavy atom. The Bertz CT molecular complexity index is 623. The molecule has 1 aliphatic heterocycles. The third kappa shape index (κ3) is 2.01. The Morgan fingerprint density at radius 3 is 3.06 bits per heavy atom. The molecular weight excluding hydrogens is 314 g/mol. The molecule has 0 radical (unpaired) electrons. The van der Waals surface area contributed by atoms with E-state index >= 15 is 0 Å². The van der Waals surface area contributed by atoms with Crippen molar-refractivity contribution in [3.63, 3.8) is 0 Å². The van der Waals surface area contributed by atoms with Gasteiger partial charge in [-0.1, -0.05) is 15.9 Å². The predicted molar refractivity (Wildman–Crippen MR) is 76.3 cm³/mol. The van der Waals surface area contributed by atoms with Crippen molar-refractivity contribution in [2.45, 2.75) is 19.4 Å². The van der Waals surface area contributed by atoms with Gasteiger partial charge in [-0.05, 0) is 42.0 Å². The van der Waals surface area contributed by atoms with Crippen molar-refractivity contribution in [2.75, 3.05) is 6.54 Å². The maximum Gasteiger partial charge on any atom is 0.407 e. The lowest BCUT2D eigenvalue weighted by atomic mass is 10.1. The van der Waals surface area contributed by atoms with Crippen molar-refractivity contribution in [3.8, 4) is 0 Å². The van der Waals surface area contributed by atoms with E-state index in [1.54, 1.807) is 11.3 Å². The largest absolute Gasteiger partial charge is 0.465 e. The molecule has 0 aliphatic carbocycles. The summed E-state index contributed by atoms with van der Waals surface area (Å²) in [6, 6.07) is 6.23. The van der Waals surface area contributed by atoms with E-state index in [-0.39, 0.29) is 0 Å². The van der Waals surface area contributed by atoms with E-state index in [0.717, 1.165) is 17.3 Å². The number of nitrogens with zero attached hydrogens (tertiary/aromatic N) is 1.